The van der Waals surface area contributed by atoms with Crippen molar-refractivity contribution in [2.24, 2.45) is 0 Å². The lowest BCUT2D eigenvalue weighted by Gasteiger charge is -2.40. The van der Waals surface area contributed by atoms with Gasteiger partial charge in [0.2, 0.25) is 0 Å². The molecule has 0 saturated carbocycles. The topological polar surface area (TPSA) is 186 Å². The summed E-state index contributed by atoms with van der Waals surface area (Å²) < 4.78 is 54.0. The molecule has 1 heterocycles. The Morgan fingerprint density at radius 3 is 1.39 bits per heavy atom. The third kappa shape index (κ3) is 33.8. The second-order valence-corrected chi connectivity index (χ2v) is 17.2. The Morgan fingerprint density at radius 2 is 0.953 bits per heavy atom. The van der Waals surface area contributed by atoms with Crippen LogP contribution in [0, 0.1) is 0 Å². The molecule has 0 aromatic heterocycles. The summed E-state index contributed by atoms with van der Waals surface area (Å²) in [5, 5.41) is 30.9. The van der Waals surface area contributed by atoms with Crippen LogP contribution >= 0.6 is 0 Å². The smallest absolute Gasteiger partial charge is 0.306 e. The number of carbonyl (C=O) groups is 2. The van der Waals surface area contributed by atoms with Crippen molar-refractivity contribution in [3.63, 3.8) is 0 Å². The van der Waals surface area contributed by atoms with Gasteiger partial charge in [0.15, 0.2) is 12.4 Å². The van der Waals surface area contributed by atoms with E-state index in [0.29, 0.717) is 25.7 Å². The minimum Gasteiger partial charge on any atom is -0.462 e. The normalized spacial score (nSPS) is 20.6. The van der Waals surface area contributed by atoms with Gasteiger partial charge in [-0.2, -0.15) is 8.42 Å². The second-order valence-electron chi connectivity index (χ2n) is 15.7. The van der Waals surface area contributed by atoms with E-state index < -0.39 is 71.2 Å². The van der Waals surface area contributed by atoms with Crippen LogP contribution in [-0.4, -0.2) is 96.0 Å². The van der Waals surface area contributed by atoms with E-state index >= 15 is 0 Å². The highest BCUT2D eigenvalue weighted by molar-refractivity contribution is 7.85. The molecular formula is C51H80O12S. The second kappa shape index (κ2) is 39.7. The highest BCUT2D eigenvalue weighted by atomic mass is 32.2. The van der Waals surface area contributed by atoms with Gasteiger partial charge in [0.1, 0.15) is 36.8 Å². The molecule has 1 aliphatic heterocycles. The Kier molecular flexibility index (Phi) is 36.1. The van der Waals surface area contributed by atoms with Crippen molar-refractivity contribution in [1.82, 2.24) is 0 Å². The molecule has 0 aromatic carbocycles. The summed E-state index contributed by atoms with van der Waals surface area (Å²) in [6.07, 6.45) is 45.7. The number of esters is 2. The number of carbonyl (C=O) groups excluding carboxylic acids is 2. The average molecular weight is 917 g/mol. The highest BCUT2D eigenvalue weighted by Crippen LogP contribution is 2.24. The summed E-state index contributed by atoms with van der Waals surface area (Å²) in [4.78, 5) is 25.4. The van der Waals surface area contributed by atoms with Crippen LogP contribution in [-0.2, 0) is 38.7 Å². The number of allylic oxidation sites excluding steroid dienone is 18. The van der Waals surface area contributed by atoms with Crippen molar-refractivity contribution in [3.8, 4) is 0 Å². The van der Waals surface area contributed by atoms with Crippen LogP contribution in [0.4, 0.5) is 0 Å². The first-order valence-corrected chi connectivity index (χ1v) is 25.1. The molecule has 1 fully saturated rings. The zero-order valence-electron chi connectivity index (χ0n) is 38.6. The van der Waals surface area contributed by atoms with Crippen LogP contribution < -0.4 is 0 Å². The van der Waals surface area contributed by atoms with E-state index in [1.165, 1.54) is 38.5 Å². The lowest BCUT2D eigenvalue weighted by molar-refractivity contribution is -0.297. The molecule has 1 rings (SSSR count). The number of rotatable bonds is 37. The van der Waals surface area contributed by atoms with Gasteiger partial charge < -0.3 is 34.3 Å². The first-order valence-electron chi connectivity index (χ1n) is 23.4. The Labute approximate surface area is 385 Å². The lowest BCUT2D eigenvalue weighted by atomic mass is 10.00. The molecule has 4 N–H and O–H groups in total. The van der Waals surface area contributed by atoms with Crippen molar-refractivity contribution >= 4 is 22.1 Å². The van der Waals surface area contributed by atoms with Crippen LogP contribution in [0.5, 0.6) is 0 Å². The molecule has 0 amide bonds. The zero-order valence-corrected chi connectivity index (χ0v) is 39.4. The monoisotopic (exact) mass is 917 g/mol. The third-order valence-corrected chi connectivity index (χ3v) is 10.6. The molecule has 0 aromatic rings. The van der Waals surface area contributed by atoms with Gasteiger partial charge in [0.05, 0.1) is 6.61 Å². The Hall–Kier alpha value is -3.69. The molecule has 362 valence electrons. The van der Waals surface area contributed by atoms with Crippen molar-refractivity contribution < 1.29 is 56.8 Å². The Balaban J connectivity index is 2.55. The predicted octanol–water partition coefficient (Wildman–Crippen LogP) is 10.0. The Bertz CT molecular complexity index is 1590. The van der Waals surface area contributed by atoms with Crippen molar-refractivity contribution in [3.05, 3.63) is 109 Å². The van der Waals surface area contributed by atoms with E-state index in [9.17, 15) is 37.9 Å². The number of aliphatic hydroxyl groups is 3. The summed E-state index contributed by atoms with van der Waals surface area (Å²) >= 11 is 0. The highest BCUT2D eigenvalue weighted by Gasteiger charge is 2.46. The van der Waals surface area contributed by atoms with Gasteiger partial charge in [-0.15, -0.1) is 0 Å². The standard InChI is InChI=1S/C51H80O12S/c1-3-5-7-9-11-13-15-17-19-21-22-24-26-28-30-32-34-36-38-40-47(53)62-44(42-61-51-50(56)49(55)48(54)45(63-51)43-64(57,58)59)41-60-46(52)39-37-35-33-31-29-27-25-23-20-18-16-14-12-10-8-6-4-2/h11-14,17-20,22,24-25,27-28,30-31,33-34,36,44-45,48-51,54-56H,3-10,15-16,21,23,26,29,32,35,37-43H2,1-2H3,(H,57,58,59)/b13-11+,14-12+,19-17+,20-18+,24-22+,27-25+,30-28+,33-31+,36-34+/t44-,45-,48-,49?,50?,51+/m1/s1. The molecule has 13 heteroatoms. The van der Waals surface area contributed by atoms with Crippen LogP contribution in [0.2, 0.25) is 0 Å². The molecule has 0 aliphatic carbocycles. The van der Waals surface area contributed by atoms with Crippen molar-refractivity contribution in [1.29, 1.82) is 0 Å². The summed E-state index contributed by atoms with van der Waals surface area (Å²) in [7, 11) is -4.63. The van der Waals surface area contributed by atoms with Crippen molar-refractivity contribution in [2.45, 2.75) is 179 Å². The summed E-state index contributed by atoms with van der Waals surface area (Å²) in [5.41, 5.74) is 0. The van der Waals surface area contributed by atoms with E-state index in [1.54, 1.807) is 0 Å². The SMILES string of the molecule is CCCCC/C=C/C/C=C/C/C=C/C/C=C/C/C=C/CCC(=O)O[C@H](COC(=O)CCC/C=C/C/C=C/C/C=C/C/C=C/CCCCC)CO[C@H]1O[C@H](CS(=O)(=O)O)[C@@H](O)C(O)C1O. The average Bonchev–Trinajstić information content (AvgIpc) is 3.26. The molecule has 1 aliphatic rings. The van der Waals surface area contributed by atoms with E-state index in [-0.39, 0.29) is 19.4 Å². The van der Waals surface area contributed by atoms with Gasteiger partial charge in [-0.1, -0.05) is 149 Å². The predicted molar refractivity (Wildman–Crippen MR) is 256 cm³/mol. The van der Waals surface area contributed by atoms with E-state index in [2.05, 4.69) is 92.8 Å². The quantitative estimate of drug-likeness (QED) is 0.0200. The summed E-state index contributed by atoms with van der Waals surface area (Å²) in [6, 6.07) is 0. The number of aliphatic hydroxyl groups excluding tert-OH is 3. The maximum absolute atomic E-state index is 12.8. The van der Waals surface area contributed by atoms with Gasteiger partial charge in [-0.3, -0.25) is 14.1 Å². The van der Waals surface area contributed by atoms with Crippen LogP contribution in [0.15, 0.2) is 109 Å². The fraction of sp³-hybridized carbons (Fsp3) is 0.608. The minimum absolute atomic E-state index is 0.0224. The molecule has 0 spiro atoms. The number of hydrogen-bond donors (Lipinski definition) is 4. The molecule has 0 bridgehead atoms. The molecule has 6 atom stereocenters. The minimum atomic E-state index is -4.63. The van der Waals surface area contributed by atoms with E-state index in [4.69, 9.17) is 18.9 Å². The maximum Gasteiger partial charge on any atom is 0.306 e. The zero-order chi connectivity index (χ0) is 46.9. The number of unbranched alkanes of at least 4 members (excludes halogenated alkanes) is 7. The van der Waals surface area contributed by atoms with Gasteiger partial charge in [-0.05, 0) is 89.9 Å². The molecule has 0 radical (unpaired) electrons. The molecule has 12 nitrogen and oxygen atoms in total. The molecule has 2 unspecified atom stereocenters. The lowest BCUT2D eigenvalue weighted by Crippen LogP contribution is -2.60. The fourth-order valence-electron chi connectivity index (χ4n) is 6.18. The molecule has 1 saturated heterocycles. The summed E-state index contributed by atoms with van der Waals surface area (Å²) in [6.45, 7) is 3.58. The number of hydrogen-bond acceptors (Lipinski definition) is 11. The van der Waals surface area contributed by atoms with E-state index in [0.717, 1.165) is 51.4 Å². The van der Waals surface area contributed by atoms with Gasteiger partial charge in [-0.25, -0.2) is 0 Å². The van der Waals surface area contributed by atoms with E-state index in [1.807, 2.05) is 30.4 Å². The van der Waals surface area contributed by atoms with Gasteiger partial charge in [0.25, 0.3) is 10.1 Å². The van der Waals surface area contributed by atoms with Crippen LogP contribution in [0.3, 0.4) is 0 Å². The summed E-state index contributed by atoms with van der Waals surface area (Å²) in [5.74, 6) is -2.18. The number of ether oxygens (including phenoxy) is 4. The first kappa shape index (κ1) is 58.3. The van der Waals surface area contributed by atoms with Crippen LogP contribution in [0.25, 0.3) is 0 Å². The maximum atomic E-state index is 12.8. The Morgan fingerprint density at radius 1 is 0.531 bits per heavy atom. The molecular weight excluding hydrogens is 837 g/mol. The third-order valence-electron chi connectivity index (χ3n) is 9.84. The van der Waals surface area contributed by atoms with Gasteiger partial charge >= 0.3 is 11.9 Å². The fourth-order valence-corrected chi connectivity index (χ4v) is 6.87. The molecule has 64 heavy (non-hydrogen) atoms. The van der Waals surface area contributed by atoms with Gasteiger partial charge in [0, 0.05) is 12.8 Å². The largest absolute Gasteiger partial charge is 0.462 e. The van der Waals surface area contributed by atoms with Crippen molar-refractivity contribution in [2.75, 3.05) is 19.0 Å². The van der Waals surface area contributed by atoms with Crippen LogP contribution in [0.1, 0.15) is 142 Å². The first-order chi connectivity index (χ1) is 31.0.